The van der Waals surface area contributed by atoms with Crippen molar-refractivity contribution in [2.75, 3.05) is 13.1 Å². The first-order chi connectivity index (χ1) is 10.0. The molecular formula is C18H34N2O. The van der Waals surface area contributed by atoms with E-state index < -0.39 is 0 Å². The summed E-state index contributed by atoms with van der Waals surface area (Å²) in [6.07, 6.45) is 11.9. The quantitative estimate of drug-likeness (QED) is 0.741. The fourth-order valence-electron chi connectivity index (χ4n) is 3.59. The summed E-state index contributed by atoms with van der Waals surface area (Å²) in [5.41, 5.74) is 5.87. The predicted molar refractivity (Wildman–Crippen MR) is 88.0 cm³/mol. The van der Waals surface area contributed by atoms with Crippen LogP contribution in [0.4, 0.5) is 0 Å². The Balaban J connectivity index is 1.81. The zero-order valence-electron chi connectivity index (χ0n) is 14.1. The zero-order chi connectivity index (χ0) is 15.3. The summed E-state index contributed by atoms with van der Waals surface area (Å²) in [6.45, 7) is 6.21. The highest BCUT2D eigenvalue weighted by Crippen LogP contribution is 2.33. The number of nitrogens with zero attached hydrogens (tertiary/aromatic N) is 1. The first-order valence-electron chi connectivity index (χ1n) is 9.01. The van der Waals surface area contributed by atoms with Crippen molar-refractivity contribution in [3.05, 3.63) is 0 Å². The van der Waals surface area contributed by atoms with Crippen molar-refractivity contribution in [2.45, 2.75) is 84.1 Å². The second-order valence-corrected chi connectivity index (χ2v) is 7.98. The lowest BCUT2D eigenvalue weighted by molar-refractivity contribution is -0.133. The Labute approximate surface area is 130 Å². The fraction of sp³-hybridized carbons (Fsp3) is 0.944. The van der Waals surface area contributed by atoms with Crippen LogP contribution in [0.15, 0.2) is 0 Å². The Morgan fingerprint density at radius 2 is 1.76 bits per heavy atom. The van der Waals surface area contributed by atoms with Crippen molar-refractivity contribution in [3.8, 4) is 0 Å². The highest BCUT2D eigenvalue weighted by atomic mass is 16.2. The van der Waals surface area contributed by atoms with Crippen LogP contribution in [0.5, 0.6) is 0 Å². The van der Waals surface area contributed by atoms with E-state index in [1.807, 2.05) is 0 Å². The summed E-state index contributed by atoms with van der Waals surface area (Å²) < 4.78 is 0. The number of hydrogen-bond donors (Lipinski definition) is 1. The van der Waals surface area contributed by atoms with Gasteiger partial charge < -0.3 is 10.6 Å². The molecule has 0 aromatic carbocycles. The number of hydrogen-bond acceptors (Lipinski definition) is 2. The normalized spacial score (nSPS) is 20.5. The molecule has 122 valence electrons. The minimum Gasteiger partial charge on any atom is -0.339 e. The van der Waals surface area contributed by atoms with Crippen molar-refractivity contribution < 1.29 is 4.79 Å². The van der Waals surface area contributed by atoms with Crippen molar-refractivity contribution in [2.24, 2.45) is 17.1 Å². The molecule has 2 fully saturated rings. The zero-order valence-corrected chi connectivity index (χ0v) is 14.1. The van der Waals surface area contributed by atoms with Gasteiger partial charge in [0.2, 0.25) is 5.91 Å². The molecule has 3 nitrogen and oxygen atoms in total. The van der Waals surface area contributed by atoms with Gasteiger partial charge in [-0.3, -0.25) is 4.79 Å². The molecule has 2 aliphatic carbocycles. The van der Waals surface area contributed by atoms with Crippen molar-refractivity contribution in [1.82, 2.24) is 4.90 Å². The molecule has 0 heterocycles. The lowest BCUT2D eigenvalue weighted by Crippen LogP contribution is -2.38. The third-order valence-corrected chi connectivity index (χ3v) is 5.32. The highest BCUT2D eigenvalue weighted by Gasteiger charge is 2.34. The van der Waals surface area contributed by atoms with E-state index in [9.17, 15) is 4.79 Å². The molecule has 0 atom stereocenters. The van der Waals surface area contributed by atoms with Gasteiger partial charge in [-0.2, -0.15) is 0 Å². The maximum absolute atomic E-state index is 12.6. The second kappa shape index (κ2) is 7.62. The minimum absolute atomic E-state index is 0.199. The maximum Gasteiger partial charge on any atom is 0.222 e. The standard InChI is InChI=1S/C18H34N2O/c1-18(2,12-13-19)11-10-17(21)20(16-8-9-16)14-15-6-4-3-5-7-15/h15-16H,3-14,19H2,1-2H3. The van der Waals surface area contributed by atoms with Crippen LogP contribution in [-0.4, -0.2) is 29.9 Å². The summed E-state index contributed by atoms with van der Waals surface area (Å²) in [7, 11) is 0. The van der Waals surface area contributed by atoms with Gasteiger partial charge in [0.15, 0.2) is 0 Å². The first kappa shape index (κ1) is 16.8. The molecule has 0 radical (unpaired) electrons. The van der Waals surface area contributed by atoms with E-state index in [1.165, 1.54) is 44.9 Å². The topological polar surface area (TPSA) is 46.3 Å². The highest BCUT2D eigenvalue weighted by molar-refractivity contribution is 5.77. The number of carbonyl (C=O) groups excluding carboxylic acids is 1. The summed E-state index contributed by atoms with van der Waals surface area (Å²) in [4.78, 5) is 14.9. The smallest absolute Gasteiger partial charge is 0.222 e. The molecule has 1 amide bonds. The Morgan fingerprint density at radius 3 is 2.33 bits per heavy atom. The average molecular weight is 294 g/mol. The van der Waals surface area contributed by atoms with Gasteiger partial charge in [0.05, 0.1) is 0 Å². The third-order valence-electron chi connectivity index (χ3n) is 5.32. The summed E-state index contributed by atoms with van der Waals surface area (Å²) in [5, 5.41) is 0. The molecule has 0 bridgehead atoms. The fourth-order valence-corrected chi connectivity index (χ4v) is 3.59. The van der Waals surface area contributed by atoms with Gasteiger partial charge in [-0.15, -0.1) is 0 Å². The Hall–Kier alpha value is -0.570. The van der Waals surface area contributed by atoms with E-state index in [4.69, 9.17) is 5.73 Å². The lowest BCUT2D eigenvalue weighted by atomic mass is 9.84. The molecular weight excluding hydrogens is 260 g/mol. The predicted octanol–water partition coefficient (Wildman–Crippen LogP) is 3.71. The van der Waals surface area contributed by atoms with Crippen molar-refractivity contribution in [3.63, 3.8) is 0 Å². The molecule has 21 heavy (non-hydrogen) atoms. The first-order valence-corrected chi connectivity index (χ1v) is 9.01. The molecule has 2 rings (SSSR count). The number of rotatable bonds is 8. The number of carbonyl (C=O) groups is 1. The molecule has 0 aromatic rings. The largest absolute Gasteiger partial charge is 0.339 e. The van der Waals surface area contributed by atoms with Crippen LogP contribution in [-0.2, 0) is 4.79 Å². The molecule has 3 heteroatoms. The average Bonchev–Trinajstić information content (AvgIpc) is 3.28. The van der Waals surface area contributed by atoms with Gasteiger partial charge >= 0.3 is 0 Å². The van der Waals surface area contributed by atoms with Gasteiger partial charge in [0.1, 0.15) is 0 Å². The molecule has 0 saturated heterocycles. The van der Waals surface area contributed by atoms with E-state index in [1.54, 1.807) is 0 Å². The molecule has 2 saturated carbocycles. The number of nitrogens with two attached hydrogens (primary N) is 1. The molecule has 0 unspecified atom stereocenters. The van der Waals surface area contributed by atoms with Crippen molar-refractivity contribution >= 4 is 5.91 Å². The van der Waals surface area contributed by atoms with Gasteiger partial charge in [-0.25, -0.2) is 0 Å². The van der Waals surface area contributed by atoms with Crippen LogP contribution < -0.4 is 5.73 Å². The Bertz CT molecular complexity index is 330. The van der Waals surface area contributed by atoms with Gasteiger partial charge in [0, 0.05) is 19.0 Å². The van der Waals surface area contributed by atoms with Crippen molar-refractivity contribution in [1.29, 1.82) is 0 Å². The van der Waals surface area contributed by atoms with Crippen LogP contribution >= 0.6 is 0 Å². The molecule has 0 aromatic heterocycles. The molecule has 0 aliphatic heterocycles. The summed E-state index contributed by atoms with van der Waals surface area (Å²) in [6, 6.07) is 0.567. The Kier molecular flexibility index (Phi) is 6.09. The van der Waals surface area contributed by atoms with E-state index in [0.29, 0.717) is 18.4 Å². The molecule has 2 N–H and O–H groups in total. The maximum atomic E-state index is 12.6. The van der Waals surface area contributed by atoms with E-state index in [-0.39, 0.29) is 5.41 Å². The Morgan fingerprint density at radius 1 is 1.10 bits per heavy atom. The monoisotopic (exact) mass is 294 g/mol. The second-order valence-electron chi connectivity index (χ2n) is 7.98. The SMILES string of the molecule is CC(C)(CCN)CCC(=O)N(CC1CCCCC1)C1CC1. The van der Waals surface area contributed by atoms with Crippen LogP contribution in [0.1, 0.15) is 78.1 Å². The summed E-state index contributed by atoms with van der Waals surface area (Å²) >= 11 is 0. The lowest BCUT2D eigenvalue weighted by Gasteiger charge is -2.31. The van der Waals surface area contributed by atoms with E-state index in [0.717, 1.165) is 31.8 Å². The minimum atomic E-state index is 0.199. The van der Waals surface area contributed by atoms with E-state index >= 15 is 0 Å². The summed E-state index contributed by atoms with van der Waals surface area (Å²) in [5.74, 6) is 1.16. The molecule has 2 aliphatic rings. The molecule has 0 spiro atoms. The van der Waals surface area contributed by atoms with Crippen LogP contribution in [0.3, 0.4) is 0 Å². The van der Waals surface area contributed by atoms with E-state index in [2.05, 4.69) is 18.7 Å². The third kappa shape index (κ3) is 5.61. The van der Waals surface area contributed by atoms with Gasteiger partial charge in [0.25, 0.3) is 0 Å². The van der Waals surface area contributed by atoms with Crippen LogP contribution in [0.25, 0.3) is 0 Å². The van der Waals surface area contributed by atoms with Gasteiger partial charge in [-0.1, -0.05) is 33.1 Å². The van der Waals surface area contributed by atoms with Gasteiger partial charge in [-0.05, 0) is 56.4 Å². The number of amides is 1. The van der Waals surface area contributed by atoms with Crippen LogP contribution in [0, 0.1) is 11.3 Å². The van der Waals surface area contributed by atoms with Crippen LogP contribution in [0.2, 0.25) is 0 Å².